The van der Waals surface area contributed by atoms with Gasteiger partial charge in [0, 0.05) is 26.0 Å². The summed E-state index contributed by atoms with van der Waals surface area (Å²) in [5.41, 5.74) is 1.08. The van der Waals surface area contributed by atoms with Gasteiger partial charge < -0.3 is 15.7 Å². The molecule has 29 heavy (non-hydrogen) atoms. The van der Waals surface area contributed by atoms with Crippen LogP contribution in [-0.2, 0) is 22.1 Å². The Bertz CT molecular complexity index is 753. The highest BCUT2D eigenvalue weighted by Crippen LogP contribution is 2.29. The molecule has 3 N–H and O–H groups in total. The Hall–Kier alpha value is -0.940. The molecule has 0 heterocycles. The van der Waals surface area contributed by atoms with Gasteiger partial charge in [-0.05, 0) is 54.9 Å². The number of guanidine groups is 1. The van der Waals surface area contributed by atoms with Crippen molar-refractivity contribution < 1.29 is 17.9 Å². The molecule has 0 aliphatic rings. The predicted octanol–water partition coefficient (Wildman–Crippen LogP) is 3.23. The summed E-state index contributed by atoms with van der Waals surface area (Å²) in [7, 11) is -3.23. The molecule has 1 rings (SSSR count). The molecule has 0 radical (unpaired) electrons. The number of hydrogen-bond acceptors (Lipinski definition) is 4. The van der Waals surface area contributed by atoms with Crippen molar-refractivity contribution in [2.45, 2.75) is 52.3 Å². The summed E-state index contributed by atoms with van der Waals surface area (Å²) in [4.78, 5) is 4.52. The van der Waals surface area contributed by atoms with Gasteiger partial charge in [-0.25, -0.2) is 17.8 Å². The number of nitrogens with one attached hydrogen (secondary N) is 2. The van der Waals surface area contributed by atoms with Crippen LogP contribution in [0.2, 0.25) is 0 Å². The molecule has 0 saturated heterocycles. The lowest BCUT2D eigenvalue weighted by Crippen LogP contribution is -2.43. The Labute approximate surface area is 191 Å². The lowest BCUT2D eigenvalue weighted by atomic mass is 9.79. The first-order chi connectivity index (χ1) is 13.2. The van der Waals surface area contributed by atoms with Crippen LogP contribution in [0.3, 0.4) is 0 Å². The molecule has 0 atom stereocenters. The molecule has 1 aromatic rings. The number of nitrogens with zero attached hydrogens (tertiary/aromatic N) is 1. The summed E-state index contributed by atoms with van der Waals surface area (Å²) in [5, 5.41) is 15.9. The van der Waals surface area contributed by atoms with Gasteiger partial charge in [0.15, 0.2) is 15.8 Å². The minimum absolute atomic E-state index is 0. The first-order valence-electron chi connectivity index (χ1n) is 9.76. The molecule has 0 unspecified atom stereocenters. The van der Waals surface area contributed by atoms with E-state index < -0.39 is 15.7 Å². The van der Waals surface area contributed by atoms with Gasteiger partial charge >= 0.3 is 0 Å². The Morgan fingerprint density at radius 3 is 2.34 bits per heavy atom. The molecule has 0 spiro atoms. The van der Waals surface area contributed by atoms with Gasteiger partial charge in [-0.15, -0.1) is 24.0 Å². The number of aliphatic hydroxyl groups is 1. The van der Waals surface area contributed by atoms with E-state index in [1.807, 2.05) is 6.92 Å². The SMILES string of the molecule is CCNC(=NCc1cc(F)ccc1CS(C)(=O)=O)NCC(CC)(CC)CCO.I. The smallest absolute Gasteiger partial charge is 0.191 e. The van der Waals surface area contributed by atoms with Crippen LogP contribution in [0, 0.1) is 11.2 Å². The van der Waals surface area contributed by atoms with E-state index in [-0.39, 0.29) is 48.3 Å². The van der Waals surface area contributed by atoms with Crippen LogP contribution in [0.4, 0.5) is 4.39 Å². The van der Waals surface area contributed by atoms with Crippen LogP contribution in [-0.4, -0.2) is 45.4 Å². The molecule has 0 bridgehead atoms. The van der Waals surface area contributed by atoms with Crippen molar-refractivity contribution in [2.24, 2.45) is 10.4 Å². The third kappa shape index (κ3) is 10.1. The third-order valence-electron chi connectivity index (χ3n) is 5.11. The number of rotatable bonds is 11. The zero-order valence-electron chi connectivity index (χ0n) is 17.8. The van der Waals surface area contributed by atoms with E-state index in [1.54, 1.807) is 0 Å². The topological polar surface area (TPSA) is 90.8 Å². The average Bonchev–Trinajstić information content (AvgIpc) is 2.63. The maximum atomic E-state index is 13.7. The lowest BCUT2D eigenvalue weighted by Gasteiger charge is -2.32. The Balaban J connectivity index is 0.00000784. The lowest BCUT2D eigenvalue weighted by molar-refractivity contribution is 0.169. The summed E-state index contributed by atoms with van der Waals surface area (Å²) in [6.45, 7) is 7.79. The molecule has 0 amide bonds. The summed E-state index contributed by atoms with van der Waals surface area (Å²) in [6, 6.07) is 4.10. The van der Waals surface area contributed by atoms with Gasteiger partial charge in [0.25, 0.3) is 0 Å². The summed E-state index contributed by atoms with van der Waals surface area (Å²) in [6.07, 6.45) is 3.72. The molecule has 168 valence electrons. The molecule has 0 aliphatic carbocycles. The number of aliphatic imine (C=N–C) groups is 1. The highest BCUT2D eigenvalue weighted by molar-refractivity contribution is 14.0. The highest BCUT2D eigenvalue weighted by Gasteiger charge is 2.25. The second kappa shape index (κ2) is 13.4. The van der Waals surface area contributed by atoms with Crippen molar-refractivity contribution in [3.8, 4) is 0 Å². The first-order valence-corrected chi connectivity index (χ1v) is 11.8. The molecular weight excluding hydrogens is 508 g/mol. The largest absolute Gasteiger partial charge is 0.396 e. The van der Waals surface area contributed by atoms with Crippen molar-refractivity contribution >= 4 is 39.8 Å². The standard InChI is InChI=1S/C20H34FN3O3S.HI/c1-5-20(6-2,10-11-25)15-24-19(22-7-3)23-13-17-12-18(21)9-8-16(17)14-28(4,26)27;/h8-9,12,25H,5-7,10-11,13-15H2,1-4H3,(H2,22,23,24);1H. The van der Waals surface area contributed by atoms with E-state index in [0.29, 0.717) is 36.6 Å². The van der Waals surface area contributed by atoms with Gasteiger partial charge in [-0.1, -0.05) is 19.9 Å². The van der Waals surface area contributed by atoms with Crippen molar-refractivity contribution in [2.75, 3.05) is 26.0 Å². The second-order valence-corrected chi connectivity index (χ2v) is 9.35. The molecule has 9 heteroatoms. The quantitative estimate of drug-likeness (QED) is 0.227. The molecule has 0 aromatic heterocycles. The number of benzene rings is 1. The Morgan fingerprint density at radius 2 is 1.83 bits per heavy atom. The summed E-state index contributed by atoms with van der Waals surface area (Å²) in [5.74, 6) is 0.0218. The zero-order valence-corrected chi connectivity index (χ0v) is 20.9. The Kier molecular flexibility index (Phi) is 12.9. The fourth-order valence-electron chi connectivity index (χ4n) is 3.12. The molecule has 0 saturated carbocycles. The van der Waals surface area contributed by atoms with Gasteiger partial charge in [-0.3, -0.25) is 0 Å². The minimum Gasteiger partial charge on any atom is -0.396 e. The number of hydrogen-bond donors (Lipinski definition) is 3. The molecule has 6 nitrogen and oxygen atoms in total. The van der Waals surface area contributed by atoms with E-state index in [1.165, 1.54) is 18.2 Å². The van der Waals surface area contributed by atoms with E-state index in [2.05, 4.69) is 29.5 Å². The predicted molar refractivity (Wildman–Crippen MR) is 128 cm³/mol. The molecule has 0 aliphatic heterocycles. The zero-order chi connectivity index (χ0) is 21.2. The maximum absolute atomic E-state index is 13.7. The fourth-order valence-corrected chi connectivity index (χ4v) is 3.97. The third-order valence-corrected chi connectivity index (χ3v) is 5.95. The van der Waals surface area contributed by atoms with Crippen LogP contribution < -0.4 is 10.6 Å². The second-order valence-electron chi connectivity index (χ2n) is 7.21. The average molecular weight is 543 g/mol. The summed E-state index contributed by atoms with van der Waals surface area (Å²) < 4.78 is 37.0. The van der Waals surface area contributed by atoms with E-state index in [9.17, 15) is 17.9 Å². The van der Waals surface area contributed by atoms with E-state index in [0.717, 1.165) is 19.1 Å². The van der Waals surface area contributed by atoms with Crippen molar-refractivity contribution in [1.82, 2.24) is 10.6 Å². The van der Waals surface area contributed by atoms with Gasteiger partial charge in [0.05, 0.1) is 12.3 Å². The maximum Gasteiger partial charge on any atom is 0.191 e. The van der Waals surface area contributed by atoms with Crippen LogP contribution in [0.15, 0.2) is 23.2 Å². The van der Waals surface area contributed by atoms with Crippen molar-refractivity contribution in [1.29, 1.82) is 0 Å². The van der Waals surface area contributed by atoms with Gasteiger partial charge in [-0.2, -0.15) is 0 Å². The number of sulfone groups is 1. The minimum atomic E-state index is -3.23. The first kappa shape index (κ1) is 28.1. The molecule has 0 fully saturated rings. The molecular formula is C20H35FIN3O3S. The highest BCUT2D eigenvalue weighted by atomic mass is 127. The fraction of sp³-hybridized carbons (Fsp3) is 0.650. The van der Waals surface area contributed by atoms with Crippen LogP contribution in [0.5, 0.6) is 0 Å². The number of aliphatic hydroxyl groups excluding tert-OH is 1. The van der Waals surface area contributed by atoms with Crippen LogP contribution in [0.25, 0.3) is 0 Å². The van der Waals surface area contributed by atoms with Crippen molar-refractivity contribution in [3.05, 3.63) is 35.1 Å². The van der Waals surface area contributed by atoms with E-state index >= 15 is 0 Å². The number of halogens is 2. The van der Waals surface area contributed by atoms with Crippen LogP contribution in [0.1, 0.15) is 51.2 Å². The monoisotopic (exact) mass is 543 g/mol. The van der Waals surface area contributed by atoms with E-state index in [4.69, 9.17) is 0 Å². The normalized spacial score (nSPS) is 12.4. The Morgan fingerprint density at radius 1 is 1.17 bits per heavy atom. The van der Waals surface area contributed by atoms with Crippen molar-refractivity contribution in [3.63, 3.8) is 0 Å². The summed E-state index contributed by atoms with van der Waals surface area (Å²) >= 11 is 0. The van der Waals surface area contributed by atoms with Crippen LogP contribution >= 0.6 is 24.0 Å². The van der Waals surface area contributed by atoms with Gasteiger partial charge in [0.2, 0.25) is 0 Å². The molecule has 1 aromatic carbocycles. The van der Waals surface area contributed by atoms with Gasteiger partial charge in [0.1, 0.15) is 5.82 Å².